The average Bonchev–Trinajstić information content (AvgIpc) is 2.84. The van der Waals surface area contributed by atoms with Crippen molar-refractivity contribution in [1.82, 2.24) is 9.78 Å². The van der Waals surface area contributed by atoms with Gasteiger partial charge in [-0.05, 0) is 32.1 Å². The topological polar surface area (TPSA) is 53.1 Å². The van der Waals surface area contributed by atoms with Crippen LogP contribution in [0.2, 0.25) is 0 Å². The summed E-state index contributed by atoms with van der Waals surface area (Å²) >= 11 is 0. The normalized spacial score (nSPS) is 19.9. The fourth-order valence-corrected chi connectivity index (χ4v) is 2.06. The summed E-state index contributed by atoms with van der Waals surface area (Å²) in [4.78, 5) is 0. The molecule has 0 amide bonds. The lowest BCUT2D eigenvalue weighted by Gasteiger charge is -2.22. The third-order valence-electron chi connectivity index (χ3n) is 3.59. The lowest BCUT2D eigenvalue weighted by molar-refractivity contribution is 0.362. The van der Waals surface area contributed by atoms with Crippen LogP contribution < -0.4 is 10.5 Å². The lowest BCUT2D eigenvalue weighted by Crippen LogP contribution is -2.25. The predicted octanol–water partition coefficient (Wildman–Crippen LogP) is 2.27. The highest BCUT2D eigenvalue weighted by Gasteiger charge is 2.46. The summed E-state index contributed by atoms with van der Waals surface area (Å²) in [7, 11) is 1.67. The van der Waals surface area contributed by atoms with E-state index >= 15 is 0 Å². The van der Waals surface area contributed by atoms with Crippen molar-refractivity contribution in [3.63, 3.8) is 0 Å². The van der Waals surface area contributed by atoms with Gasteiger partial charge in [0.15, 0.2) is 5.75 Å². The first-order valence-electron chi connectivity index (χ1n) is 5.86. The maximum Gasteiger partial charge on any atom is 0.161 e. The van der Waals surface area contributed by atoms with E-state index in [1.54, 1.807) is 13.3 Å². The second-order valence-electron chi connectivity index (χ2n) is 5.27. The summed E-state index contributed by atoms with van der Waals surface area (Å²) in [5.41, 5.74) is 7.63. The fourth-order valence-electron chi connectivity index (χ4n) is 2.06. The molecule has 0 aliphatic heterocycles. The molecule has 0 radical (unpaired) electrons. The number of ether oxygens (including phenoxy) is 1. The van der Waals surface area contributed by atoms with E-state index in [9.17, 15) is 0 Å². The molecule has 0 saturated heterocycles. The van der Waals surface area contributed by atoms with Gasteiger partial charge in [0.25, 0.3) is 0 Å². The highest BCUT2D eigenvalue weighted by atomic mass is 16.5. The Kier molecular flexibility index (Phi) is 2.70. The van der Waals surface area contributed by atoms with Crippen LogP contribution in [0.4, 0.5) is 0 Å². The van der Waals surface area contributed by atoms with Gasteiger partial charge in [-0.25, -0.2) is 0 Å². The monoisotopic (exact) mass is 223 g/mol. The summed E-state index contributed by atoms with van der Waals surface area (Å²) in [5.74, 6) is 0.814. The SMILES string of the molecule is COc1cnn(C(C)C)c1C(N)C1(C)CC1. The highest BCUT2D eigenvalue weighted by Crippen LogP contribution is 2.54. The molecule has 1 fully saturated rings. The van der Waals surface area contributed by atoms with Crippen LogP contribution >= 0.6 is 0 Å². The van der Waals surface area contributed by atoms with E-state index in [0.29, 0.717) is 6.04 Å². The van der Waals surface area contributed by atoms with Gasteiger partial charge in [0, 0.05) is 6.04 Å². The second kappa shape index (κ2) is 3.77. The van der Waals surface area contributed by atoms with Gasteiger partial charge in [-0.15, -0.1) is 0 Å². The summed E-state index contributed by atoms with van der Waals surface area (Å²) in [6.07, 6.45) is 4.15. The Labute approximate surface area is 96.8 Å². The predicted molar refractivity (Wildman–Crippen MR) is 63.4 cm³/mol. The molecule has 2 N–H and O–H groups in total. The van der Waals surface area contributed by atoms with Crippen molar-refractivity contribution in [2.75, 3.05) is 7.11 Å². The molecule has 1 aromatic rings. The number of hydrogen-bond acceptors (Lipinski definition) is 3. The number of aromatic nitrogens is 2. The van der Waals surface area contributed by atoms with Crippen LogP contribution in [0.15, 0.2) is 6.20 Å². The molecule has 1 unspecified atom stereocenters. The number of nitrogens with zero attached hydrogens (tertiary/aromatic N) is 2. The van der Waals surface area contributed by atoms with E-state index in [-0.39, 0.29) is 11.5 Å². The van der Waals surface area contributed by atoms with Gasteiger partial charge in [-0.1, -0.05) is 6.92 Å². The zero-order valence-corrected chi connectivity index (χ0v) is 10.5. The van der Waals surface area contributed by atoms with E-state index in [1.807, 2.05) is 4.68 Å². The van der Waals surface area contributed by atoms with Gasteiger partial charge in [0.2, 0.25) is 0 Å². The van der Waals surface area contributed by atoms with Crippen molar-refractivity contribution in [3.05, 3.63) is 11.9 Å². The quantitative estimate of drug-likeness (QED) is 0.852. The minimum Gasteiger partial charge on any atom is -0.493 e. The molecule has 4 heteroatoms. The number of nitrogens with two attached hydrogens (primary N) is 1. The largest absolute Gasteiger partial charge is 0.493 e. The third-order valence-corrected chi connectivity index (χ3v) is 3.59. The zero-order chi connectivity index (χ0) is 11.9. The Hall–Kier alpha value is -1.03. The lowest BCUT2D eigenvalue weighted by atomic mass is 9.96. The van der Waals surface area contributed by atoms with Crippen molar-refractivity contribution < 1.29 is 4.74 Å². The molecule has 1 aromatic heterocycles. The Balaban J connectivity index is 2.39. The van der Waals surface area contributed by atoms with Gasteiger partial charge >= 0.3 is 0 Å². The molecule has 1 heterocycles. The van der Waals surface area contributed by atoms with E-state index in [0.717, 1.165) is 11.4 Å². The molecule has 1 saturated carbocycles. The van der Waals surface area contributed by atoms with Crippen molar-refractivity contribution in [2.24, 2.45) is 11.1 Å². The van der Waals surface area contributed by atoms with Gasteiger partial charge in [-0.2, -0.15) is 5.10 Å². The molecule has 0 bridgehead atoms. The van der Waals surface area contributed by atoms with Gasteiger partial charge < -0.3 is 10.5 Å². The van der Waals surface area contributed by atoms with Crippen LogP contribution in [0.3, 0.4) is 0 Å². The summed E-state index contributed by atoms with van der Waals surface area (Å²) in [5, 5.41) is 4.36. The maximum atomic E-state index is 6.35. The molecule has 90 valence electrons. The molecular formula is C12H21N3O. The van der Waals surface area contributed by atoms with E-state index < -0.39 is 0 Å². The standard InChI is InChI=1S/C12H21N3O/c1-8(2)15-10(9(16-4)7-14-15)11(13)12(3)5-6-12/h7-8,11H,5-6,13H2,1-4H3. The zero-order valence-electron chi connectivity index (χ0n) is 10.5. The minimum atomic E-state index is 0.0207. The van der Waals surface area contributed by atoms with Crippen LogP contribution in [0.5, 0.6) is 5.75 Å². The van der Waals surface area contributed by atoms with Crippen molar-refractivity contribution >= 4 is 0 Å². The van der Waals surface area contributed by atoms with Crippen molar-refractivity contribution in [1.29, 1.82) is 0 Å². The van der Waals surface area contributed by atoms with Gasteiger partial charge in [0.05, 0.1) is 25.0 Å². The molecule has 4 nitrogen and oxygen atoms in total. The maximum absolute atomic E-state index is 6.35. The minimum absolute atomic E-state index is 0.0207. The molecular weight excluding hydrogens is 202 g/mol. The van der Waals surface area contributed by atoms with Crippen LogP contribution in [-0.4, -0.2) is 16.9 Å². The van der Waals surface area contributed by atoms with E-state index in [2.05, 4.69) is 25.9 Å². The molecule has 0 spiro atoms. The third kappa shape index (κ3) is 1.71. The Morgan fingerprint density at radius 2 is 2.12 bits per heavy atom. The van der Waals surface area contributed by atoms with Gasteiger partial charge in [0.1, 0.15) is 0 Å². The Bertz CT molecular complexity index is 380. The van der Waals surface area contributed by atoms with Gasteiger partial charge in [-0.3, -0.25) is 4.68 Å². The first-order chi connectivity index (χ1) is 7.49. The average molecular weight is 223 g/mol. The first kappa shape index (κ1) is 11.5. The number of methoxy groups -OCH3 is 1. The van der Waals surface area contributed by atoms with Crippen molar-refractivity contribution in [3.8, 4) is 5.75 Å². The molecule has 1 atom stereocenters. The summed E-state index contributed by atoms with van der Waals surface area (Å²) < 4.78 is 7.34. The smallest absolute Gasteiger partial charge is 0.161 e. The van der Waals surface area contributed by atoms with Crippen LogP contribution in [0.1, 0.15) is 51.4 Å². The Morgan fingerprint density at radius 3 is 2.56 bits per heavy atom. The molecule has 0 aromatic carbocycles. The highest BCUT2D eigenvalue weighted by molar-refractivity contribution is 5.31. The van der Waals surface area contributed by atoms with E-state index in [1.165, 1.54) is 12.8 Å². The molecule has 1 aliphatic rings. The summed E-state index contributed by atoms with van der Waals surface area (Å²) in [6.45, 7) is 6.45. The second-order valence-corrected chi connectivity index (χ2v) is 5.27. The van der Waals surface area contributed by atoms with Crippen molar-refractivity contribution in [2.45, 2.75) is 45.7 Å². The van der Waals surface area contributed by atoms with E-state index in [4.69, 9.17) is 10.5 Å². The fraction of sp³-hybridized carbons (Fsp3) is 0.750. The van der Waals surface area contributed by atoms with Crippen LogP contribution in [0, 0.1) is 5.41 Å². The number of hydrogen-bond donors (Lipinski definition) is 1. The summed E-state index contributed by atoms with van der Waals surface area (Å²) in [6, 6.07) is 0.333. The molecule has 1 aliphatic carbocycles. The Morgan fingerprint density at radius 1 is 1.50 bits per heavy atom. The number of rotatable bonds is 4. The van der Waals surface area contributed by atoms with Crippen LogP contribution in [-0.2, 0) is 0 Å². The molecule has 16 heavy (non-hydrogen) atoms. The first-order valence-corrected chi connectivity index (χ1v) is 5.86. The van der Waals surface area contributed by atoms with Crippen LogP contribution in [0.25, 0.3) is 0 Å². The molecule has 2 rings (SSSR count).